The number of benzene rings is 1. The predicted molar refractivity (Wildman–Crippen MR) is 86.0 cm³/mol. The lowest BCUT2D eigenvalue weighted by molar-refractivity contribution is -0.131. The quantitative estimate of drug-likeness (QED) is 0.571. The minimum atomic E-state index is -0.932. The van der Waals surface area contributed by atoms with Gasteiger partial charge in [0, 0.05) is 15.0 Å². The fourth-order valence-electron chi connectivity index (χ4n) is 1.46. The van der Waals surface area contributed by atoms with Crippen LogP contribution in [0.2, 0.25) is 0 Å². The summed E-state index contributed by atoms with van der Waals surface area (Å²) >= 11 is 6.90. The molecule has 0 unspecified atom stereocenters. The third-order valence-corrected chi connectivity index (χ3v) is 3.29. The molecule has 0 saturated heterocycles. The SMILES string of the molecule is CC(C=CC=C(C)c1cc(Br)cc(Br)c1)=CC(=O)O. The van der Waals surface area contributed by atoms with Crippen molar-refractivity contribution in [1.29, 1.82) is 0 Å². The first-order valence-corrected chi connectivity index (χ1v) is 7.20. The summed E-state index contributed by atoms with van der Waals surface area (Å²) in [6, 6.07) is 6.04. The maximum atomic E-state index is 10.5. The van der Waals surface area contributed by atoms with E-state index < -0.39 is 5.97 Å². The van der Waals surface area contributed by atoms with Gasteiger partial charge in [0.05, 0.1) is 0 Å². The van der Waals surface area contributed by atoms with Gasteiger partial charge in [0.2, 0.25) is 0 Å². The summed E-state index contributed by atoms with van der Waals surface area (Å²) in [5.41, 5.74) is 2.90. The fraction of sp³-hybridized carbons (Fsp3) is 0.133. The highest BCUT2D eigenvalue weighted by Crippen LogP contribution is 2.24. The number of allylic oxidation sites excluding steroid dienone is 5. The number of carboxylic acid groups (broad SMARTS) is 1. The fourth-order valence-corrected chi connectivity index (χ4v) is 2.76. The second-order valence-electron chi connectivity index (χ2n) is 4.09. The number of carboxylic acids is 1. The number of hydrogen-bond acceptors (Lipinski definition) is 1. The largest absolute Gasteiger partial charge is 0.478 e. The summed E-state index contributed by atoms with van der Waals surface area (Å²) in [6.45, 7) is 3.76. The van der Waals surface area contributed by atoms with Crippen molar-refractivity contribution in [3.8, 4) is 0 Å². The molecule has 0 fully saturated rings. The second-order valence-corrected chi connectivity index (χ2v) is 5.92. The first-order valence-electron chi connectivity index (χ1n) is 5.61. The van der Waals surface area contributed by atoms with E-state index in [0.29, 0.717) is 5.57 Å². The zero-order valence-corrected chi connectivity index (χ0v) is 13.8. The van der Waals surface area contributed by atoms with Gasteiger partial charge in [-0.05, 0) is 48.8 Å². The normalized spacial score (nSPS) is 13.1. The van der Waals surface area contributed by atoms with Crippen molar-refractivity contribution in [3.63, 3.8) is 0 Å². The molecule has 1 rings (SSSR count). The zero-order valence-electron chi connectivity index (χ0n) is 10.7. The van der Waals surface area contributed by atoms with Crippen LogP contribution < -0.4 is 0 Å². The van der Waals surface area contributed by atoms with E-state index in [4.69, 9.17) is 5.11 Å². The molecular weight excluding hydrogens is 372 g/mol. The van der Waals surface area contributed by atoms with Crippen LogP contribution in [0, 0.1) is 0 Å². The van der Waals surface area contributed by atoms with Gasteiger partial charge in [0.1, 0.15) is 0 Å². The van der Waals surface area contributed by atoms with E-state index in [1.54, 1.807) is 13.0 Å². The van der Waals surface area contributed by atoms with E-state index >= 15 is 0 Å². The van der Waals surface area contributed by atoms with Crippen molar-refractivity contribution in [2.75, 3.05) is 0 Å². The van der Waals surface area contributed by atoms with Gasteiger partial charge in [0.15, 0.2) is 0 Å². The van der Waals surface area contributed by atoms with Crippen molar-refractivity contribution >= 4 is 43.4 Å². The number of rotatable bonds is 4. The van der Waals surface area contributed by atoms with E-state index in [1.807, 2.05) is 37.3 Å². The van der Waals surface area contributed by atoms with Crippen LogP contribution >= 0.6 is 31.9 Å². The van der Waals surface area contributed by atoms with Crippen LogP contribution in [0.25, 0.3) is 5.57 Å². The molecule has 0 spiro atoms. The molecule has 0 aromatic heterocycles. The van der Waals surface area contributed by atoms with Crippen molar-refractivity contribution in [2.24, 2.45) is 0 Å². The van der Waals surface area contributed by atoms with Gasteiger partial charge in [-0.2, -0.15) is 0 Å². The van der Waals surface area contributed by atoms with Gasteiger partial charge < -0.3 is 5.11 Å². The van der Waals surface area contributed by atoms with Crippen LogP contribution in [0.4, 0.5) is 0 Å². The molecule has 0 aliphatic rings. The van der Waals surface area contributed by atoms with E-state index in [9.17, 15) is 4.79 Å². The van der Waals surface area contributed by atoms with E-state index in [1.165, 1.54) is 6.08 Å². The van der Waals surface area contributed by atoms with Gasteiger partial charge in [-0.15, -0.1) is 0 Å². The van der Waals surface area contributed by atoms with Crippen LogP contribution in [-0.4, -0.2) is 11.1 Å². The van der Waals surface area contributed by atoms with Crippen LogP contribution in [0.15, 0.2) is 57.0 Å². The summed E-state index contributed by atoms with van der Waals surface area (Å²) in [7, 11) is 0. The topological polar surface area (TPSA) is 37.3 Å². The van der Waals surface area contributed by atoms with Gasteiger partial charge >= 0.3 is 5.97 Å². The van der Waals surface area contributed by atoms with Crippen LogP contribution in [0.1, 0.15) is 19.4 Å². The lowest BCUT2D eigenvalue weighted by Crippen LogP contribution is -1.87. The molecule has 0 bridgehead atoms. The maximum Gasteiger partial charge on any atom is 0.328 e. The molecule has 0 aliphatic carbocycles. The average molecular weight is 386 g/mol. The van der Waals surface area contributed by atoms with E-state index in [0.717, 1.165) is 20.1 Å². The lowest BCUT2D eigenvalue weighted by atomic mass is 10.1. The average Bonchev–Trinajstić information content (AvgIpc) is 2.26. The monoisotopic (exact) mass is 384 g/mol. The Morgan fingerprint density at radius 1 is 1.16 bits per heavy atom. The number of aliphatic carboxylic acids is 1. The van der Waals surface area contributed by atoms with E-state index in [2.05, 4.69) is 31.9 Å². The molecule has 100 valence electrons. The Labute approximate surface area is 129 Å². The summed E-state index contributed by atoms with van der Waals surface area (Å²) < 4.78 is 2.02. The van der Waals surface area contributed by atoms with Gasteiger partial charge in [0.25, 0.3) is 0 Å². The highest BCUT2D eigenvalue weighted by Gasteiger charge is 1.98. The minimum Gasteiger partial charge on any atom is -0.478 e. The van der Waals surface area contributed by atoms with Crippen molar-refractivity contribution in [1.82, 2.24) is 0 Å². The highest BCUT2D eigenvalue weighted by atomic mass is 79.9. The molecule has 4 heteroatoms. The summed E-state index contributed by atoms with van der Waals surface area (Å²) in [5.74, 6) is -0.932. The first-order chi connectivity index (χ1) is 8.88. The Morgan fingerprint density at radius 3 is 2.26 bits per heavy atom. The number of hydrogen-bond donors (Lipinski definition) is 1. The first kappa shape index (κ1) is 15.9. The summed E-state index contributed by atoms with van der Waals surface area (Å²) in [4.78, 5) is 10.5. The molecule has 0 radical (unpaired) electrons. The molecular formula is C15H14Br2O2. The molecule has 1 N–H and O–H groups in total. The van der Waals surface area contributed by atoms with Crippen LogP contribution in [0.5, 0.6) is 0 Å². The summed E-state index contributed by atoms with van der Waals surface area (Å²) in [5, 5.41) is 8.60. The number of carbonyl (C=O) groups is 1. The Hall–Kier alpha value is -1.13. The minimum absolute atomic E-state index is 0.701. The van der Waals surface area contributed by atoms with Gasteiger partial charge in [-0.3, -0.25) is 0 Å². The number of halogens is 2. The van der Waals surface area contributed by atoms with Crippen LogP contribution in [-0.2, 0) is 4.79 Å². The molecule has 2 nitrogen and oxygen atoms in total. The standard InChI is InChI=1S/C15H14Br2O2/c1-10(6-15(18)19)4-3-5-11(2)12-7-13(16)9-14(17)8-12/h3-9H,1-2H3,(H,18,19). The Morgan fingerprint density at radius 2 is 1.74 bits per heavy atom. The molecule has 1 aromatic rings. The van der Waals surface area contributed by atoms with Gasteiger partial charge in [-0.1, -0.05) is 50.1 Å². The molecule has 19 heavy (non-hydrogen) atoms. The van der Waals surface area contributed by atoms with Crippen molar-refractivity contribution < 1.29 is 9.90 Å². The second kappa shape index (κ2) is 7.46. The Kier molecular flexibility index (Phi) is 6.25. The predicted octanol–water partition coefficient (Wildman–Crippen LogP) is 5.20. The van der Waals surface area contributed by atoms with Crippen molar-refractivity contribution in [3.05, 3.63) is 62.6 Å². The molecule has 0 aliphatic heterocycles. The van der Waals surface area contributed by atoms with Crippen LogP contribution in [0.3, 0.4) is 0 Å². The van der Waals surface area contributed by atoms with Crippen molar-refractivity contribution in [2.45, 2.75) is 13.8 Å². The lowest BCUT2D eigenvalue weighted by Gasteiger charge is -2.03. The molecule has 0 atom stereocenters. The molecule has 1 aromatic carbocycles. The maximum absolute atomic E-state index is 10.5. The zero-order chi connectivity index (χ0) is 14.4. The highest BCUT2D eigenvalue weighted by molar-refractivity contribution is 9.11. The third-order valence-electron chi connectivity index (χ3n) is 2.37. The Balaban J connectivity index is 2.88. The third kappa shape index (κ3) is 6.03. The van der Waals surface area contributed by atoms with E-state index in [-0.39, 0.29) is 0 Å². The Bertz CT molecular complexity index is 549. The smallest absolute Gasteiger partial charge is 0.328 e. The summed E-state index contributed by atoms with van der Waals surface area (Å²) in [6.07, 6.45) is 6.74. The molecule has 0 saturated carbocycles. The molecule has 0 amide bonds. The van der Waals surface area contributed by atoms with Gasteiger partial charge in [-0.25, -0.2) is 4.79 Å². The molecule has 0 heterocycles.